The molecule has 0 saturated carbocycles. The van der Waals surface area contributed by atoms with Gasteiger partial charge in [-0.25, -0.2) is 13.1 Å². The van der Waals surface area contributed by atoms with Gasteiger partial charge in [0.05, 0.1) is 11.8 Å². The molecule has 1 aromatic rings. The number of sulfonamides is 1. The number of unbranched alkanes of at least 4 members (excludes halogenated alkanes) is 1. The van der Waals surface area contributed by atoms with Gasteiger partial charge < -0.3 is 0 Å². The zero-order valence-electron chi connectivity index (χ0n) is 8.85. The van der Waals surface area contributed by atoms with Crippen molar-refractivity contribution in [2.24, 2.45) is 0 Å². The first-order chi connectivity index (χ1) is 7.55. The SMILES string of the molecule is CC(NS(=O)(=O)CCCCCl)c1nn[nH]n1. The molecule has 0 aliphatic rings. The molecule has 0 radical (unpaired) electrons. The second-order valence-corrected chi connectivity index (χ2v) is 5.58. The molecule has 0 amide bonds. The maximum absolute atomic E-state index is 11.6. The van der Waals surface area contributed by atoms with Crippen LogP contribution in [0.5, 0.6) is 0 Å². The van der Waals surface area contributed by atoms with Gasteiger partial charge in [0.2, 0.25) is 10.0 Å². The summed E-state index contributed by atoms with van der Waals surface area (Å²) in [5.74, 6) is 0.846. The van der Waals surface area contributed by atoms with Crippen LogP contribution in [0.2, 0.25) is 0 Å². The minimum atomic E-state index is -3.31. The molecule has 0 saturated heterocycles. The van der Waals surface area contributed by atoms with Crippen molar-refractivity contribution < 1.29 is 8.42 Å². The Hall–Kier alpha value is -0.730. The van der Waals surface area contributed by atoms with Crippen molar-refractivity contribution in [2.45, 2.75) is 25.8 Å². The molecule has 0 aromatic carbocycles. The summed E-state index contributed by atoms with van der Waals surface area (Å²) in [7, 11) is -3.31. The molecule has 7 nitrogen and oxygen atoms in total. The van der Waals surface area contributed by atoms with E-state index in [-0.39, 0.29) is 5.75 Å². The number of H-pyrrole nitrogens is 1. The molecule has 16 heavy (non-hydrogen) atoms. The highest BCUT2D eigenvalue weighted by atomic mass is 35.5. The molecule has 9 heteroatoms. The summed E-state index contributed by atoms with van der Waals surface area (Å²) in [4.78, 5) is 0. The number of aromatic amines is 1. The van der Waals surface area contributed by atoms with Gasteiger partial charge in [-0.15, -0.1) is 21.8 Å². The smallest absolute Gasteiger partial charge is 0.212 e. The highest BCUT2D eigenvalue weighted by Gasteiger charge is 2.18. The molecular formula is C7H14ClN5O2S. The molecule has 1 atom stereocenters. The average molecular weight is 268 g/mol. The number of nitrogens with one attached hydrogen (secondary N) is 2. The molecule has 1 heterocycles. The molecular weight excluding hydrogens is 254 g/mol. The summed E-state index contributed by atoms with van der Waals surface area (Å²) < 4.78 is 25.6. The largest absolute Gasteiger partial charge is 0.212 e. The number of hydrogen-bond acceptors (Lipinski definition) is 5. The van der Waals surface area contributed by atoms with Crippen molar-refractivity contribution in [3.05, 3.63) is 5.82 Å². The van der Waals surface area contributed by atoms with Crippen LogP contribution < -0.4 is 4.72 Å². The van der Waals surface area contributed by atoms with Crippen LogP contribution in [0.3, 0.4) is 0 Å². The van der Waals surface area contributed by atoms with Gasteiger partial charge in [-0.3, -0.25) is 0 Å². The van der Waals surface area contributed by atoms with Gasteiger partial charge in [-0.05, 0) is 19.8 Å². The maximum Gasteiger partial charge on any atom is 0.212 e. The molecule has 0 spiro atoms. The molecule has 92 valence electrons. The molecule has 0 fully saturated rings. The van der Waals surface area contributed by atoms with E-state index in [9.17, 15) is 8.42 Å². The predicted octanol–water partition coefficient (Wildman–Crippen LogP) is 0.199. The Bertz CT molecular complexity index is 393. The first-order valence-electron chi connectivity index (χ1n) is 4.84. The van der Waals surface area contributed by atoms with Gasteiger partial charge in [0.15, 0.2) is 5.82 Å². The summed E-state index contributed by atoms with van der Waals surface area (Å²) in [5, 5.41) is 13.0. The predicted molar refractivity (Wildman–Crippen MR) is 59.5 cm³/mol. The third-order valence-corrected chi connectivity index (χ3v) is 3.71. The standard InChI is InChI=1S/C7H14ClN5O2S/c1-6(7-9-12-13-10-7)11-16(14,15)5-3-2-4-8/h6,11H,2-5H2,1H3,(H,9,10,12,13). The number of aromatic nitrogens is 4. The van der Waals surface area contributed by atoms with E-state index in [1.807, 2.05) is 0 Å². The molecule has 2 N–H and O–H groups in total. The van der Waals surface area contributed by atoms with Crippen LogP contribution >= 0.6 is 11.6 Å². The number of tetrazole rings is 1. The van der Waals surface area contributed by atoms with Crippen LogP contribution in [0.4, 0.5) is 0 Å². The average Bonchev–Trinajstić information content (AvgIpc) is 2.69. The van der Waals surface area contributed by atoms with E-state index >= 15 is 0 Å². The minimum absolute atomic E-state index is 0.0575. The molecule has 0 aliphatic heterocycles. The Balaban J connectivity index is 2.46. The Kier molecular flexibility index (Phi) is 5.10. The van der Waals surface area contributed by atoms with Crippen LogP contribution in [0.1, 0.15) is 31.6 Å². The van der Waals surface area contributed by atoms with E-state index in [2.05, 4.69) is 25.3 Å². The summed E-state index contributed by atoms with van der Waals surface area (Å²) in [6.07, 6.45) is 1.22. The Morgan fingerprint density at radius 3 is 2.81 bits per heavy atom. The first kappa shape index (κ1) is 13.3. The third kappa shape index (κ3) is 4.42. The van der Waals surface area contributed by atoms with E-state index in [1.165, 1.54) is 0 Å². The van der Waals surface area contributed by atoms with Crippen LogP contribution in [-0.4, -0.2) is 40.7 Å². The summed E-state index contributed by atoms with van der Waals surface area (Å²) in [5.41, 5.74) is 0. The number of nitrogens with zero attached hydrogens (tertiary/aromatic N) is 3. The molecule has 0 bridgehead atoms. The number of hydrogen-bond donors (Lipinski definition) is 2. The minimum Gasteiger partial charge on any atom is -0.212 e. The number of alkyl halides is 1. The van der Waals surface area contributed by atoms with E-state index in [0.29, 0.717) is 24.5 Å². The fourth-order valence-electron chi connectivity index (χ4n) is 1.12. The van der Waals surface area contributed by atoms with Gasteiger partial charge in [0.25, 0.3) is 0 Å². The summed E-state index contributed by atoms with van der Waals surface area (Å²) in [6, 6.07) is -0.486. The van der Waals surface area contributed by atoms with E-state index in [0.717, 1.165) is 0 Å². The fourth-order valence-corrected chi connectivity index (χ4v) is 2.66. The maximum atomic E-state index is 11.6. The zero-order chi connectivity index (χ0) is 12.0. The van der Waals surface area contributed by atoms with E-state index in [4.69, 9.17) is 11.6 Å². The highest BCUT2D eigenvalue weighted by molar-refractivity contribution is 7.89. The van der Waals surface area contributed by atoms with Gasteiger partial charge in [0.1, 0.15) is 0 Å². The van der Waals surface area contributed by atoms with Gasteiger partial charge >= 0.3 is 0 Å². The van der Waals surface area contributed by atoms with E-state index < -0.39 is 16.1 Å². The lowest BCUT2D eigenvalue weighted by Crippen LogP contribution is -2.29. The molecule has 1 unspecified atom stereocenters. The van der Waals surface area contributed by atoms with E-state index in [1.54, 1.807) is 6.92 Å². The lowest BCUT2D eigenvalue weighted by atomic mass is 10.4. The topological polar surface area (TPSA) is 101 Å². The summed E-state index contributed by atoms with van der Waals surface area (Å²) in [6.45, 7) is 1.66. The van der Waals surface area contributed by atoms with Crippen LogP contribution in [0, 0.1) is 0 Å². The van der Waals surface area contributed by atoms with Crippen molar-refractivity contribution in [3.8, 4) is 0 Å². The fraction of sp³-hybridized carbons (Fsp3) is 0.857. The Morgan fingerprint density at radius 1 is 1.50 bits per heavy atom. The monoisotopic (exact) mass is 267 g/mol. The summed E-state index contributed by atoms with van der Waals surface area (Å²) >= 11 is 5.47. The molecule has 1 rings (SSSR count). The van der Waals surface area contributed by atoms with Crippen molar-refractivity contribution in [2.75, 3.05) is 11.6 Å². The lowest BCUT2D eigenvalue weighted by Gasteiger charge is -2.10. The first-order valence-corrected chi connectivity index (χ1v) is 7.03. The normalized spacial score (nSPS) is 13.9. The molecule has 0 aliphatic carbocycles. The zero-order valence-corrected chi connectivity index (χ0v) is 10.4. The van der Waals surface area contributed by atoms with Gasteiger partial charge in [0, 0.05) is 5.88 Å². The second kappa shape index (κ2) is 6.12. The van der Waals surface area contributed by atoms with Crippen LogP contribution in [0.25, 0.3) is 0 Å². The van der Waals surface area contributed by atoms with Gasteiger partial charge in [-0.2, -0.15) is 5.21 Å². The number of rotatable bonds is 7. The van der Waals surface area contributed by atoms with Crippen molar-refractivity contribution in [1.29, 1.82) is 0 Å². The lowest BCUT2D eigenvalue weighted by molar-refractivity contribution is 0.557. The quantitative estimate of drug-likeness (QED) is 0.543. The van der Waals surface area contributed by atoms with Gasteiger partial charge in [-0.1, -0.05) is 5.21 Å². The Morgan fingerprint density at radius 2 is 2.25 bits per heavy atom. The van der Waals surface area contributed by atoms with Crippen molar-refractivity contribution in [3.63, 3.8) is 0 Å². The van der Waals surface area contributed by atoms with Crippen LogP contribution in [0.15, 0.2) is 0 Å². The number of halogens is 1. The van der Waals surface area contributed by atoms with Crippen molar-refractivity contribution in [1.82, 2.24) is 25.3 Å². The highest BCUT2D eigenvalue weighted by Crippen LogP contribution is 2.06. The Labute approximate surface area is 99.0 Å². The molecule has 1 aromatic heterocycles. The van der Waals surface area contributed by atoms with Crippen LogP contribution in [-0.2, 0) is 10.0 Å². The third-order valence-electron chi connectivity index (χ3n) is 1.90. The second-order valence-electron chi connectivity index (χ2n) is 3.32. The van der Waals surface area contributed by atoms with Crippen molar-refractivity contribution >= 4 is 21.6 Å².